The number of para-hydroxylation sites is 1. The minimum Gasteiger partial charge on any atom is -0.423 e. The molecule has 150 valence electrons. The number of carbonyl (C=O) groups is 1. The third kappa shape index (κ3) is 4.01. The summed E-state index contributed by atoms with van der Waals surface area (Å²) in [6.07, 6.45) is 5.09. The van der Waals surface area contributed by atoms with E-state index < -0.39 is 5.97 Å². The van der Waals surface area contributed by atoms with Crippen LogP contribution in [0.25, 0.3) is 16.9 Å². The van der Waals surface area contributed by atoms with Crippen molar-refractivity contribution >= 4 is 5.97 Å². The second-order valence-corrected chi connectivity index (χ2v) is 7.49. The Bertz CT molecular complexity index is 1170. The highest BCUT2D eigenvalue weighted by Gasteiger charge is 2.22. The van der Waals surface area contributed by atoms with Crippen LogP contribution in [0.3, 0.4) is 0 Å². The van der Waals surface area contributed by atoms with Crippen molar-refractivity contribution in [1.29, 1.82) is 0 Å². The Labute approximate surface area is 176 Å². The molecule has 0 atom stereocenters. The topological polar surface area (TPSA) is 57.0 Å². The van der Waals surface area contributed by atoms with Crippen LogP contribution in [0.15, 0.2) is 79.3 Å². The van der Waals surface area contributed by atoms with Crippen molar-refractivity contribution in [3.8, 4) is 22.7 Å². The zero-order valence-electron chi connectivity index (χ0n) is 17.2. The van der Waals surface area contributed by atoms with E-state index >= 15 is 0 Å². The lowest BCUT2D eigenvalue weighted by molar-refractivity contribution is 0.0733. The van der Waals surface area contributed by atoms with Gasteiger partial charge >= 0.3 is 5.97 Å². The fraction of sp³-hybridized carbons (Fsp3) is 0.160. The SMILES string of the molecule is Cc1ccc(C(C)C)c(OC(=O)c2cn(-c3ccccc3)nc2-c2ccncc2)c1. The van der Waals surface area contributed by atoms with Gasteiger partial charge in [0, 0.05) is 24.2 Å². The first-order valence-electron chi connectivity index (χ1n) is 9.91. The van der Waals surface area contributed by atoms with E-state index in [1.54, 1.807) is 23.3 Å². The normalized spacial score (nSPS) is 10.9. The monoisotopic (exact) mass is 397 g/mol. The van der Waals surface area contributed by atoms with Crippen molar-refractivity contribution in [2.24, 2.45) is 0 Å². The summed E-state index contributed by atoms with van der Waals surface area (Å²) < 4.78 is 7.58. The summed E-state index contributed by atoms with van der Waals surface area (Å²) in [5.74, 6) is 0.389. The maximum absolute atomic E-state index is 13.2. The van der Waals surface area contributed by atoms with E-state index in [2.05, 4.69) is 23.9 Å². The van der Waals surface area contributed by atoms with Gasteiger partial charge in [0.15, 0.2) is 0 Å². The summed E-state index contributed by atoms with van der Waals surface area (Å²) in [7, 11) is 0. The standard InChI is InChI=1S/C25H23N3O2/c1-17(2)21-10-9-18(3)15-23(21)30-25(29)22-16-28(20-7-5-4-6-8-20)27-24(22)19-11-13-26-14-12-19/h4-17H,1-3H3. The number of aryl methyl sites for hydroxylation is 1. The Hall–Kier alpha value is -3.73. The van der Waals surface area contributed by atoms with Crippen LogP contribution in [0.5, 0.6) is 5.75 Å². The molecule has 0 aliphatic carbocycles. The molecule has 0 unspecified atom stereocenters. The van der Waals surface area contributed by atoms with Crippen molar-refractivity contribution in [2.75, 3.05) is 0 Å². The number of nitrogens with zero attached hydrogens (tertiary/aromatic N) is 3. The fourth-order valence-electron chi connectivity index (χ4n) is 3.32. The smallest absolute Gasteiger partial charge is 0.347 e. The van der Waals surface area contributed by atoms with Crippen LogP contribution in [0.4, 0.5) is 0 Å². The van der Waals surface area contributed by atoms with Crippen LogP contribution in [0.2, 0.25) is 0 Å². The van der Waals surface area contributed by atoms with Crippen LogP contribution in [-0.2, 0) is 0 Å². The van der Waals surface area contributed by atoms with E-state index in [1.807, 2.05) is 67.6 Å². The Morgan fingerprint density at radius 2 is 1.73 bits per heavy atom. The number of esters is 1. The molecule has 2 heterocycles. The number of benzene rings is 2. The summed E-state index contributed by atoms with van der Waals surface area (Å²) in [5.41, 5.74) is 4.67. The molecular formula is C25H23N3O2. The fourth-order valence-corrected chi connectivity index (χ4v) is 3.32. The Kier molecular flexibility index (Phi) is 5.44. The zero-order valence-corrected chi connectivity index (χ0v) is 17.2. The highest BCUT2D eigenvalue weighted by Crippen LogP contribution is 2.30. The largest absolute Gasteiger partial charge is 0.423 e. The summed E-state index contributed by atoms with van der Waals surface area (Å²) >= 11 is 0. The van der Waals surface area contributed by atoms with E-state index in [0.717, 1.165) is 22.4 Å². The average molecular weight is 397 g/mol. The molecule has 4 rings (SSSR count). The van der Waals surface area contributed by atoms with E-state index in [4.69, 9.17) is 4.74 Å². The average Bonchev–Trinajstić information content (AvgIpc) is 3.20. The minimum absolute atomic E-state index is 0.236. The molecule has 5 heteroatoms. The molecule has 0 fully saturated rings. The van der Waals surface area contributed by atoms with E-state index in [9.17, 15) is 4.79 Å². The van der Waals surface area contributed by atoms with Gasteiger partial charge in [-0.3, -0.25) is 4.98 Å². The first-order valence-corrected chi connectivity index (χ1v) is 9.91. The molecule has 30 heavy (non-hydrogen) atoms. The van der Waals surface area contributed by atoms with Gasteiger partial charge in [0.1, 0.15) is 17.0 Å². The van der Waals surface area contributed by atoms with Gasteiger partial charge in [-0.15, -0.1) is 0 Å². The molecular weight excluding hydrogens is 374 g/mol. The van der Waals surface area contributed by atoms with Gasteiger partial charge in [-0.05, 0) is 54.3 Å². The number of hydrogen-bond donors (Lipinski definition) is 0. The number of ether oxygens (including phenoxy) is 1. The third-order valence-corrected chi connectivity index (χ3v) is 4.90. The van der Waals surface area contributed by atoms with Gasteiger partial charge in [-0.1, -0.05) is 44.2 Å². The third-order valence-electron chi connectivity index (χ3n) is 4.90. The van der Waals surface area contributed by atoms with E-state index in [-0.39, 0.29) is 5.92 Å². The molecule has 2 aromatic carbocycles. The van der Waals surface area contributed by atoms with E-state index in [1.165, 1.54) is 0 Å². The molecule has 0 amide bonds. The molecule has 0 bridgehead atoms. The van der Waals surface area contributed by atoms with Gasteiger partial charge in [-0.25, -0.2) is 9.48 Å². The lowest BCUT2D eigenvalue weighted by Gasteiger charge is -2.13. The number of hydrogen-bond acceptors (Lipinski definition) is 4. The van der Waals surface area contributed by atoms with Crippen LogP contribution >= 0.6 is 0 Å². The van der Waals surface area contributed by atoms with Crippen molar-refractivity contribution in [1.82, 2.24) is 14.8 Å². The van der Waals surface area contributed by atoms with Crippen molar-refractivity contribution in [2.45, 2.75) is 26.7 Å². The first kappa shape index (κ1) is 19.6. The van der Waals surface area contributed by atoms with Crippen molar-refractivity contribution < 1.29 is 9.53 Å². The molecule has 5 nitrogen and oxygen atoms in total. The maximum atomic E-state index is 13.2. The Morgan fingerprint density at radius 1 is 1.00 bits per heavy atom. The van der Waals surface area contributed by atoms with Crippen LogP contribution in [0, 0.1) is 6.92 Å². The van der Waals surface area contributed by atoms with Gasteiger partial charge < -0.3 is 4.74 Å². The lowest BCUT2D eigenvalue weighted by Crippen LogP contribution is -2.11. The number of pyridine rings is 1. The number of carbonyl (C=O) groups excluding carboxylic acids is 1. The zero-order chi connectivity index (χ0) is 21.1. The summed E-state index contributed by atoms with van der Waals surface area (Å²) in [6, 6.07) is 19.3. The minimum atomic E-state index is -0.434. The number of aromatic nitrogens is 3. The van der Waals surface area contributed by atoms with Gasteiger partial charge in [-0.2, -0.15) is 5.10 Å². The van der Waals surface area contributed by atoms with Crippen molar-refractivity contribution in [3.63, 3.8) is 0 Å². The quantitative estimate of drug-likeness (QED) is 0.326. The molecule has 0 saturated carbocycles. The number of rotatable bonds is 5. The summed E-state index contributed by atoms with van der Waals surface area (Å²) in [5, 5.41) is 4.68. The van der Waals surface area contributed by atoms with Crippen LogP contribution < -0.4 is 4.74 Å². The van der Waals surface area contributed by atoms with Gasteiger partial charge in [0.25, 0.3) is 0 Å². The molecule has 0 aliphatic heterocycles. The maximum Gasteiger partial charge on any atom is 0.347 e. The second kappa shape index (κ2) is 8.33. The highest BCUT2D eigenvalue weighted by atomic mass is 16.5. The van der Waals surface area contributed by atoms with Crippen LogP contribution in [-0.4, -0.2) is 20.7 Å². The van der Waals surface area contributed by atoms with Crippen molar-refractivity contribution in [3.05, 3.63) is 95.9 Å². The summed E-state index contributed by atoms with van der Waals surface area (Å²) in [4.78, 5) is 17.3. The van der Waals surface area contributed by atoms with E-state index in [0.29, 0.717) is 17.0 Å². The summed E-state index contributed by atoms with van der Waals surface area (Å²) in [6.45, 7) is 6.15. The molecule has 0 aliphatic rings. The molecule has 0 saturated heterocycles. The first-order chi connectivity index (χ1) is 14.5. The molecule has 4 aromatic rings. The van der Waals surface area contributed by atoms with Gasteiger partial charge in [0.05, 0.1) is 5.69 Å². The molecule has 0 spiro atoms. The predicted octanol–water partition coefficient (Wildman–Crippen LogP) is 5.59. The lowest BCUT2D eigenvalue weighted by atomic mass is 10.0. The predicted molar refractivity (Wildman–Crippen MR) is 117 cm³/mol. The van der Waals surface area contributed by atoms with Crippen LogP contribution in [0.1, 0.15) is 41.3 Å². The highest BCUT2D eigenvalue weighted by molar-refractivity contribution is 5.97. The Balaban J connectivity index is 1.77. The Morgan fingerprint density at radius 3 is 2.43 bits per heavy atom. The molecule has 0 N–H and O–H groups in total. The molecule has 0 radical (unpaired) electrons. The molecule has 2 aromatic heterocycles. The van der Waals surface area contributed by atoms with Gasteiger partial charge in [0.2, 0.25) is 0 Å². The second-order valence-electron chi connectivity index (χ2n) is 7.49.